The van der Waals surface area contributed by atoms with Crippen LogP contribution in [0.5, 0.6) is 5.75 Å². The molecule has 0 heterocycles. The highest BCUT2D eigenvalue weighted by Crippen LogP contribution is 2.62. The highest BCUT2D eigenvalue weighted by molar-refractivity contribution is 5.27. The van der Waals surface area contributed by atoms with E-state index in [4.69, 9.17) is 4.74 Å². The highest BCUT2D eigenvalue weighted by Gasteiger charge is 2.58. The molecule has 2 heteroatoms. The van der Waals surface area contributed by atoms with Crippen molar-refractivity contribution in [2.75, 3.05) is 13.7 Å². The molecule has 4 rings (SSSR count). The van der Waals surface area contributed by atoms with E-state index in [2.05, 4.69) is 49.9 Å². The molecule has 1 aromatic carbocycles. The summed E-state index contributed by atoms with van der Waals surface area (Å²) in [6, 6.07) is 8.75. The quantitative estimate of drug-likeness (QED) is 0.690. The van der Waals surface area contributed by atoms with Crippen molar-refractivity contribution in [1.29, 1.82) is 0 Å². The van der Waals surface area contributed by atoms with Crippen molar-refractivity contribution in [2.45, 2.75) is 65.0 Å². The average molecular weight is 342 g/mol. The lowest BCUT2D eigenvalue weighted by atomic mass is 9.63. The third kappa shape index (κ3) is 3.23. The van der Waals surface area contributed by atoms with Crippen LogP contribution in [0.2, 0.25) is 0 Å². The molecule has 0 saturated heterocycles. The van der Waals surface area contributed by atoms with Crippen LogP contribution in [0.15, 0.2) is 24.3 Å². The molecule has 3 fully saturated rings. The maximum atomic E-state index is 5.34. The molecule has 0 amide bonds. The topological polar surface area (TPSA) is 12.5 Å². The van der Waals surface area contributed by atoms with Crippen LogP contribution in [0.3, 0.4) is 0 Å². The Labute approximate surface area is 153 Å². The Kier molecular flexibility index (Phi) is 4.60. The van der Waals surface area contributed by atoms with Gasteiger partial charge in [-0.15, -0.1) is 0 Å². The van der Waals surface area contributed by atoms with Crippen molar-refractivity contribution >= 4 is 0 Å². The minimum atomic E-state index is 0.462. The first-order valence-corrected chi connectivity index (χ1v) is 10.4. The standard InChI is InChI=1S/C23H35NO/c1-16(2)14-24(15-18-5-7-21(25-4)8-6-18)23-11-17(3)9-19-10-20(12-23)22(19)13-23/h5-8,16-17,19-20,22H,9-15H2,1-4H3. The van der Waals surface area contributed by atoms with Crippen LogP contribution in [0.1, 0.15) is 58.4 Å². The number of benzene rings is 1. The summed E-state index contributed by atoms with van der Waals surface area (Å²) in [6.45, 7) is 9.59. The fourth-order valence-corrected chi connectivity index (χ4v) is 6.40. The average Bonchev–Trinajstić information content (AvgIpc) is 2.78. The van der Waals surface area contributed by atoms with Gasteiger partial charge in [0.1, 0.15) is 5.75 Å². The van der Waals surface area contributed by atoms with Crippen LogP contribution >= 0.6 is 0 Å². The summed E-state index contributed by atoms with van der Waals surface area (Å²) in [5, 5.41) is 0. The SMILES string of the molecule is COc1ccc(CN(CC(C)C)C23CC(C)CC4CC(C2)C4C3)cc1. The largest absolute Gasteiger partial charge is 0.497 e. The Hall–Kier alpha value is -1.02. The molecule has 0 radical (unpaired) electrons. The summed E-state index contributed by atoms with van der Waals surface area (Å²) in [7, 11) is 1.75. The molecule has 0 aliphatic heterocycles. The Morgan fingerprint density at radius 2 is 1.84 bits per heavy atom. The van der Waals surface area contributed by atoms with Crippen LogP contribution in [-0.4, -0.2) is 24.1 Å². The number of methoxy groups -OCH3 is 1. The fraction of sp³-hybridized carbons (Fsp3) is 0.739. The fourth-order valence-electron chi connectivity index (χ4n) is 6.40. The van der Waals surface area contributed by atoms with Gasteiger partial charge in [-0.25, -0.2) is 0 Å². The first-order chi connectivity index (χ1) is 12.0. The number of hydrogen-bond acceptors (Lipinski definition) is 2. The van der Waals surface area contributed by atoms with Crippen LogP contribution in [0.25, 0.3) is 0 Å². The molecule has 0 spiro atoms. The van der Waals surface area contributed by atoms with Gasteiger partial charge in [-0.05, 0) is 79.4 Å². The first kappa shape index (κ1) is 17.4. The van der Waals surface area contributed by atoms with Gasteiger partial charge in [0.2, 0.25) is 0 Å². The number of nitrogens with zero attached hydrogens (tertiary/aromatic N) is 1. The first-order valence-electron chi connectivity index (χ1n) is 10.4. The minimum absolute atomic E-state index is 0.462. The summed E-state index contributed by atoms with van der Waals surface area (Å²) >= 11 is 0. The number of hydrogen-bond donors (Lipinski definition) is 0. The van der Waals surface area contributed by atoms with Gasteiger partial charge in [0, 0.05) is 18.6 Å². The molecule has 5 atom stereocenters. The molecule has 3 aliphatic rings. The van der Waals surface area contributed by atoms with Crippen molar-refractivity contribution in [3.05, 3.63) is 29.8 Å². The van der Waals surface area contributed by atoms with E-state index >= 15 is 0 Å². The van der Waals surface area contributed by atoms with Crippen LogP contribution in [-0.2, 0) is 6.54 Å². The Balaban J connectivity index is 1.59. The van der Waals surface area contributed by atoms with Gasteiger partial charge in [0.05, 0.1) is 7.11 Å². The van der Waals surface area contributed by atoms with Gasteiger partial charge < -0.3 is 4.74 Å². The van der Waals surface area contributed by atoms with Crippen LogP contribution in [0.4, 0.5) is 0 Å². The lowest BCUT2D eigenvalue weighted by Crippen LogP contribution is -2.49. The van der Waals surface area contributed by atoms with Gasteiger partial charge in [-0.2, -0.15) is 0 Å². The van der Waals surface area contributed by atoms with Crippen molar-refractivity contribution in [3.63, 3.8) is 0 Å². The molecule has 0 aromatic heterocycles. The monoisotopic (exact) mass is 341 g/mol. The lowest BCUT2D eigenvalue weighted by molar-refractivity contribution is 0.0353. The predicted molar refractivity (Wildman–Crippen MR) is 104 cm³/mol. The second-order valence-electron chi connectivity index (χ2n) is 9.72. The molecule has 1 aromatic rings. The molecule has 5 unspecified atom stereocenters. The summed E-state index contributed by atoms with van der Waals surface area (Å²) in [5.74, 6) is 5.69. The molecule has 2 bridgehead atoms. The van der Waals surface area contributed by atoms with E-state index in [1.807, 2.05) is 0 Å². The number of fused-ring (bicyclic) bond motifs is 1. The third-order valence-electron chi connectivity index (χ3n) is 7.30. The lowest BCUT2D eigenvalue weighted by Gasteiger charge is -2.46. The van der Waals surface area contributed by atoms with E-state index in [-0.39, 0.29) is 0 Å². The van der Waals surface area contributed by atoms with Gasteiger partial charge in [-0.3, -0.25) is 4.90 Å². The van der Waals surface area contributed by atoms with Gasteiger partial charge >= 0.3 is 0 Å². The zero-order chi connectivity index (χ0) is 17.6. The van der Waals surface area contributed by atoms with Crippen molar-refractivity contribution in [3.8, 4) is 5.75 Å². The molecule has 25 heavy (non-hydrogen) atoms. The summed E-state index contributed by atoms with van der Waals surface area (Å²) < 4.78 is 5.34. The Morgan fingerprint density at radius 1 is 1.08 bits per heavy atom. The van der Waals surface area contributed by atoms with Crippen molar-refractivity contribution in [2.24, 2.45) is 29.6 Å². The Bertz CT molecular complexity index is 591. The molecular weight excluding hydrogens is 306 g/mol. The molecule has 3 saturated carbocycles. The molecule has 3 aliphatic carbocycles. The summed E-state index contributed by atoms with van der Waals surface area (Å²) in [4.78, 5) is 2.89. The number of ether oxygens (including phenoxy) is 1. The van der Waals surface area contributed by atoms with E-state index in [1.54, 1.807) is 7.11 Å². The van der Waals surface area contributed by atoms with E-state index < -0.39 is 0 Å². The van der Waals surface area contributed by atoms with Crippen molar-refractivity contribution < 1.29 is 4.74 Å². The van der Waals surface area contributed by atoms with E-state index in [0.29, 0.717) is 5.54 Å². The van der Waals surface area contributed by atoms with E-state index in [1.165, 1.54) is 44.2 Å². The predicted octanol–water partition coefficient (Wildman–Crippen LogP) is 5.37. The second kappa shape index (κ2) is 6.61. The minimum Gasteiger partial charge on any atom is -0.497 e. The van der Waals surface area contributed by atoms with Crippen LogP contribution < -0.4 is 4.74 Å². The maximum Gasteiger partial charge on any atom is 0.118 e. The highest BCUT2D eigenvalue weighted by atomic mass is 16.5. The van der Waals surface area contributed by atoms with E-state index in [9.17, 15) is 0 Å². The van der Waals surface area contributed by atoms with Crippen LogP contribution in [0, 0.1) is 29.6 Å². The maximum absolute atomic E-state index is 5.34. The van der Waals surface area contributed by atoms with Gasteiger partial charge in [0.25, 0.3) is 0 Å². The summed E-state index contributed by atoms with van der Waals surface area (Å²) in [5.41, 5.74) is 1.90. The smallest absolute Gasteiger partial charge is 0.118 e. The molecular formula is C23H35NO. The second-order valence-corrected chi connectivity index (χ2v) is 9.72. The normalized spacial score (nSPS) is 36.4. The van der Waals surface area contributed by atoms with Gasteiger partial charge in [-0.1, -0.05) is 32.9 Å². The van der Waals surface area contributed by atoms with Gasteiger partial charge in [0.15, 0.2) is 0 Å². The third-order valence-corrected chi connectivity index (χ3v) is 7.30. The van der Waals surface area contributed by atoms with E-state index in [0.717, 1.165) is 41.9 Å². The zero-order valence-electron chi connectivity index (χ0n) is 16.5. The Morgan fingerprint density at radius 3 is 2.52 bits per heavy atom. The molecule has 2 nitrogen and oxygen atoms in total. The van der Waals surface area contributed by atoms with Crippen molar-refractivity contribution in [1.82, 2.24) is 4.90 Å². The number of rotatable bonds is 6. The molecule has 138 valence electrons. The summed E-state index contributed by atoms with van der Waals surface area (Å²) in [6.07, 6.45) is 7.35. The zero-order valence-corrected chi connectivity index (χ0v) is 16.5. The molecule has 0 N–H and O–H groups in total.